The molecule has 47 heavy (non-hydrogen) atoms. The molecule has 0 saturated heterocycles. The monoisotopic (exact) mass is 724 g/mol. The first kappa shape index (κ1) is 42.7. The van der Waals surface area contributed by atoms with Crippen LogP contribution in [-0.4, -0.2) is 40.9 Å². The third kappa shape index (κ3) is 19.7. The zero-order chi connectivity index (χ0) is 34.4. The fourth-order valence-corrected chi connectivity index (χ4v) is 3.76. The molecule has 0 amide bonds. The van der Waals surface area contributed by atoms with E-state index in [2.05, 4.69) is 15.0 Å². The van der Waals surface area contributed by atoms with Crippen LogP contribution in [0, 0.1) is 0 Å². The van der Waals surface area contributed by atoms with Gasteiger partial charge in [0, 0.05) is 49.6 Å². The molecule has 17 heteroatoms. The van der Waals surface area contributed by atoms with E-state index in [4.69, 9.17) is 28.7 Å². The number of rotatable bonds is 5. The van der Waals surface area contributed by atoms with E-state index in [9.17, 15) is 25.9 Å². The zero-order valence-corrected chi connectivity index (χ0v) is 27.8. The van der Waals surface area contributed by atoms with E-state index < -0.39 is 20.2 Å². The van der Waals surface area contributed by atoms with Crippen LogP contribution in [0.2, 0.25) is 0 Å². The third-order valence-corrected chi connectivity index (χ3v) is 6.84. The van der Waals surface area contributed by atoms with Crippen LogP contribution in [0.5, 0.6) is 0 Å². The Morgan fingerprint density at radius 1 is 0.468 bits per heavy atom. The first-order chi connectivity index (χ1) is 21.8. The number of benzene rings is 2. The number of anilines is 2. The summed E-state index contributed by atoms with van der Waals surface area (Å²) in [7, 11) is -8.65. The van der Waals surface area contributed by atoms with Crippen molar-refractivity contribution in [3.05, 3.63) is 139 Å². The van der Waals surface area contributed by atoms with Gasteiger partial charge in [0.2, 0.25) is 0 Å². The number of nitrogens with zero attached hydrogens (tertiary/aromatic N) is 3. The smallest absolute Gasteiger partial charge is 0.744 e. The quantitative estimate of drug-likeness (QED) is 0.0984. The van der Waals surface area contributed by atoms with Crippen molar-refractivity contribution in [2.75, 3.05) is 11.5 Å². The summed E-state index contributed by atoms with van der Waals surface area (Å²) in [6.07, 6.45) is 5.21. The zero-order valence-electron chi connectivity index (χ0n) is 25.0. The van der Waals surface area contributed by atoms with Gasteiger partial charge in [0.25, 0.3) is 0 Å². The minimum absolute atomic E-state index is 0. The van der Waals surface area contributed by atoms with E-state index in [1.54, 1.807) is 18.6 Å². The summed E-state index contributed by atoms with van der Waals surface area (Å²) in [5.41, 5.74) is 30.1. The number of hydrogen-bond donors (Lipinski definition) is 5. The van der Waals surface area contributed by atoms with Crippen molar-refractivity contribution >= 4 is 31.6 Å². The number of nitrogens with two attached hydrogens (primary N) is 5. The second-order valence-corrected chi connectivity index (χ2v) is 11.4. The van der Waals surface area contributed by atoms with Crippen molar-refractivity contribution in [3.63, 3.8) is 0 Å². The first-order valence-corrected chi connectivity index (χ1v) is 16.0. The molecule has 0 aliphatic rings. The predicted molar refractivity (Wildman–Crippen MR) is 174 cm³/mol. The van der Waals surface area contributed by atoms with Gasteiger partial charge in [-0.1, -0.05) is 18.2 Å². The molecule has 0 fully saturated rings. The van der Waals surface area contributed by atoms with Gasteiger partial charge >= 0.3 is 17.1 Å². The Morgan fingerprint density at radius 3 is 0.872 bits per heavy atom. The molecule has 10 N–H and O–H groups in total. The van der Waals surface area contributed by atoms with E-state index in [-0.39, 0.29) is 26.9 Å². The molecule has 3 heterocycles. The third-order valence-electron chi connectivity index (χ3n) is 5.14. The number of aromatic nitrogens is 3. The molecule has 0 aliphatic carbocycles. The Kier molecular flexibility index (Phi) is 21.0. The minimum atomic E-state index is -4.33. The molecule has 0 bridgehead atoms. The second kappa shape index (κ2) is 23.1. The van der Waals surface area contributed by atoms with Gasteiger partial charge in [-0.3, -0.25) is 15.0 Å². The Labute approximate surface area is 285 Å². The molecular weight excluding hydrogens is 688 g/mol. The molecule has 1 radical (unpaired) electrons. The van der Waals surface area contributed by atoms with Gasteiger partial charge in [0.05, 0.1) is 26.9 Å². The fraction of sp³-hybridized carbons (Fsp3) is 0.100. The van der Waals surface area contributed by atoms with Gasteiger partial charge in [0.15, 0.2) is 0 Å². The molecular formula is C30H36FeN8O6S2+3. The molecule has 5 rings (SSSR count). The molecule has 5 aromatic rings. The molecule has 3 aromatic heterocycles. The van der Waals surface area contributed by atoms with Crippen LogP contribution < -0.4 is 28.7 Å². The van der Waals surface area contributed by atoms with Gasteiger partial charge in [0.1, 0.15) is 20.2 Å². The largest absolute Gasteiger partial charge is 5.00 e. The first-order valence-electron chi connectivity index (χ1n) is 13.2. The van der Waals surface area contributed by atoms with Crippen molar-refractivity contribution in [3.8, 4) is 0 Å². The van der Waals surface area contributed by atoms with Crippen LogP contribution in [-0.2, 0) is 56.9 Å². The van der Waals surface area contributed by atoms with Gasteiger partial charge < -0.3 is 37.8 Å². The molecule has 0 saturated carbocycles. The maximum Gasteiger partial charge on any atom is 5.00 e. The van der Waals surface area contributed by atoms with Crippen LogP contribution in [0.15, 0.2) is 132 Å². The van der Waals surface area contributed by atoms with E-state index in [1.165, 1.54) is 48.5 Å². The van der Waals surface area contributed by atoms with Crippen molar-refractivity contribution in [2.45, 2.75) is 29.4 Å². The average Bonchev–Trinajstić information content (AvgIpc) is 3.06. The van der Waals surface area contributed by atoms with Crippen molar-refractivity contribution in [1.82, 2.24) is 15.0 Å². The molecule has 14 nitrogen and oxygen atoms in total. The van der Waals surface area contributed by atoms with Crippen LogP contribution >= 0.6 is 0 Å². The summed E-state index contributed by atoms with van der Waals surface area (Å²) in [6, 6.07) is 27.3. The van der Waals surface area contributed by atoms with Crippen LogP contribution in [0.3, 0.4) is 0 Å². The van der Waals surface area contributed by atoms with Gasteiger partial charge in [-0.2, -0.15) is 0 Å². The van der Waals surface area contributed by atoms with Gasteiger partial charge in [-0.15, -0.1) is 0 Å². The topological polar surface area (TPSA) is 283 Å². The molecule has 2 aromatic carbocycles. The van der Waals surface area contributed by atoms with Crippen molar-refractivity contribution < 1.29 is 43.0 Å². The molecule has 0 aliphatic heterocycles. The number of pyridine rings is 3. The summed E-state index contributed by atoms with van der Waals surface area (Å²) in [5, 5.41) is 0. The normalized spacial score (nSPS) is 9.98. The van der Waals surface area contributed by atoms with Gasteiger partial charge in [-0.05, 0) is 84.9 Å². The summed E-state index contributed by atoms with van der Waals surface area (Å²) < 4.78 is 62.1. The van der Waals surface area contributed by atoms with Gasteiger partial charge in [-0.25, -0.2) is 16.8 Å². The van der Waals surface area contributed by atoms with Crippen LogP contribution in [0.4, 0.5) is 11.4 Å². The number of nitrogen functional groups attached to an aromatic ring is 2. The fourth-order valence-electron chi connectivity index (χ4n) is 2.83. The Bertz CT molecular complexity index is 1570. The van der Waals surface area contributed by atoms with Crippen molar-refractivity contribution in [2.24, 2.45) is 17.2 Å². The van der Waals surface area contributed by atoms with E-state index in [0.29, 0.717) is 31.0 Å². The van der Waals surface area contributed by atoms with E-state index in [1.807, 2.05) is 54.6 Å². The molecule has 0 spiro atoms. The summed E-state index contributed by atoms with van der Waals surface area (Å²) in [6.45, 7) is 1.59. The molecule has 0 atom stereocenters. The van der Waals surface area contributed by atoms with Crippen LogP contribution in [0.25, 0.3) is 0 Å². The Balaban J connectivity index is 0.000000564. The summed E-state index contributed by atoms with van der Waals surface area (Å²) in [5.74, 6) is 0. The SMILES string of the molecule is NCc1ccccn1.NCc1ccccn1.NCc1ccccn1.Nc1ccc(S(=O)(=O)[O-])cc1.Nc1ccc(S(=O)(=O)[O-])cc1.[Fe+5]. The van der Waals surface area contributed by atoms with Crippen molar-refractivity contribution in [1.29, 1.82) is 0 Å². The van der Waals surface area contributed by atoms with Crippen LogP contribution in [0.1, 0.15) is 17.1 Å². The maximum atomic E-state index is 10.3. The Hall–Kier alpha value is -4.29. The standard InChI is InChI=1S/3C6H8N2.2C6H7NO3S.Fe/c3*7-5-6-3-1-2-4-8-6;2*7-5-1-3-6(4-2-5)11(8,9)10;/h3*1-4H,5,7H2;2*1-4H,7H2,(H,8,9,10);/q;;;;;+5/p-2. The minimum Gasteiger partial charge on any atom is -0.744 e. The predicted octanol–water partition coefficient (Wildman–Crippen LogP) is 1.96. The maximum absolute atomic E-state index is 10.3. The molecule has 249 valence electrons. The molecule has 0 unspecified atom stereocenters. The summed E-state index contributed by atoms with van der Waals surface area (Å²) >= 11 is 0. The number of hydrogen-bond acceptors (Lipinski definition) is 14. The van der Waals surface area contributed by atoms with E-state index in [0.717, 1.165) is 17.1 Å². The average molecular weight is 725 g/mol. The van der Waals surface area contributed by atoms with E-state index >= 15 is 0 Å². The second-order valence-electron chi connectivity index (χ2n) is 8.62. The Morgan fingerprint density at radius 2 is 0.723 bits per heavy atom. The summed E-state index contributed by atoms with van der Waals surface area (Å²) in [4.78, 5) is 11.4.